The minimum atomic E-state index is -1.44. The molecule has 0 bridgehead atoms. The maximum absolute atomic E-state index is 6.62. The van der Waals surface area contributed by atoms with Crippen LogP contribution in [-0.4, -0.2) is 14.9 Å². The van der Waals surface area contributed by atoms with E-state index in [1.807, 2.05) is 0 Å². The first-order chi connectivity index (χ1) is 11.2. The fourth-order valence-electron chi connectivity index (χ4n) is 6.14. The fraction of sp³-hybridized carbons (Fsp3) is 0.909. The summed E-state index contributed by atoms with van der Waals surface area (Å²) in [5.74, 6) is 1.58. The summed E-state index contributed by atoms with van der Waals surface area (Å²) in [6.07, 6.45) is 9.32. The van der Waals surface area contributed by atoms with Crippen LogP contribution in [0.2, 0.25) is 18.1 Å². The summed E-state index contributed by atoms with van der Waals surface area (Å²) in [5, 5.41) is 0. The summed E-state index contributed by atoms with van der Waals surface area (Å²) in [6.45, 7) is 18.0. The fourth-order valence-corrected chi connectivity index (χ4v) is 8.81. The van der Waals surface area contributed by atoms with Crippen molar-refractivity contribution in [2.24, 2.45) is 22.7 Å². The number of hydrogen-bond donors (Lipinski definition) is 0. The van der Waals surface area contributed by atoms with Crippen molar-refractivity contribution in [2.75, 3.05) is 6.61 Å². The second kappa shape index (κ2) is 7.66. The standard InChI is InChI=1S/C22H42OSi/c1-8-24(9-2,10-3)23-17-14-19-18(4)12-13-20-21(5,6)15-11-16-22(19,20)7/h12,19-20H,8-11,13-17H2,1-7H3/t19?,20-,22+/m0/s1. The van der Waals surface area contributed by atoms with Gasteiger partial charge in [0.15, 0.2) is 8.32 Å². The van der Waals surface area contributed by atoms with Gasteiger partial charge in [-0.3, -0.25) is 0 Å². The molecule has 0 amide bonds. The van der Waals surface area contributed by atoms with E-state index in [2.05, 4.69) is 54.5 Å². The van der Waals surface area contributed by atoms with Gasteiger partial charge < -0.3 is 4.43 Å². The quantitative estimate of drug-likeness (QED) is 0.348. The van der Waals surface area contributed by atoms with Gasteiger partial charge >= 0.3 is 0 Å². The molecule has 24 heavy (non-hydrogen) atoms. The Morgan fingerprint density at radius 2 is 1.71 bits per heavy atom. The molecule has 1 unspecified atom stereocenters. The molecular weight excluding hydrogens is 308 g/mol. The molecule has 3 atom stereocenters. The van der Waals surface area contributed by atoms with Gasteiger partial charge in [-0.15, -0.1) is 0 Å². The van der Waals surface area contributed by atoms with Crippen LogP contribution in [0.1, 0.15) is 80.6 Å². The molecule has 1 saturated carbocycles. The lowest BCUT2D eigenvalue weighted by Gasteiger charge is -2.57. The predicted octanol–water partition coefficient (Wildman–Crippen LogP) is 7.20. The lowest BCUT2D eigenvalue weighted by Crippen LogP contribution is -2.49. The predicted molar refractivity (Wildman–Crippen MR) is 109 cm³/mol. The van der Waals surface area contributed by atoms with Gasteiger partial charge in [-0.2, -0.15) is 0 Å². The van der Waals surface area contributed by atoms with Crippen LogP contribution >= 0.6 is 0 Å². The number of allylic oxidation sites excluding steroid dienone is 2. The number of rotatable bonds is 7. The Labute approximate surface area is 152 Å². The average Bonchev–Trinajstić information content (AvgIpc) is 2.53. The minimum Gasteiger partial charge on any atom is -0.417 e. The lowest BCUT2D eigenvalue weighted by molar-refractivity contribution is -0.0421. The Morgan fingerprint density at radius 1 is 1.08 bits per heavy atom. The SMILES string of the molecule is CC[Si](CC)(CC)OCCC1C(C)=CC[C@H]2C(C)(C)CCC[C@]12C. The van der Waals surface area contributed by atoms with Gasteiger partial charge in [0.2, 0.25) is 0 Å². The molecule has 0 spiro atoms. The Hall–Kier alpha value is -0.0831. The first-order valence-electron chi connectivity index (χ1n) is 10.6. The first-order valence-corrected chi connectivity index (χ1v) is 13.1. The molecule has 1 nitrogen and oxygen atoms in total. The van der Waals surface area contributed by atoms with E-state index in [9.17, 15) is 0 Å². The topological polar surface area (TPSA) is 9.23 Å². The van der Waals surface area contributed by atoms with Gasteiger partial charge in [0.1, 0.15) is 0 Å². The molecule has 2 aliphatic rings. The third kappa shape index (κ3) is 3.70. The van der Waals surface area contributed by atoms with Gasteiger partial charge in [0.05, 0.1) is 0 Å². The van der Waals surface area contributed by atoms with E-state index in [0.717, 1.165) is 18.4 Å². The van der Waals surface area contributed by atoms with E-state index < -0.39 is 8.32 Å². The highest BCUT2D eigenvalue weighted by Gasteiger charge is 2.51. The first kappa shape index (κ1) is 20.2. The normalized spacial score (nSPS) is 33.0. The van der Waals surface area contributed by atoms with Gasteiger partial charge in [-0.1, -0.05) is 59.6 Å². The van der Waals surface area contributed by atoms with Crippen LogP contribution in [0.25, 0.3) is 0 Å². The molecule has 0 radical (unpaired) electrons. The summed E-state index contributed by atoms with van der Waals surface area (Å²) in [5.41, 5.74) is 2.63. The molecule has 0 saturated heterocycles. The molecule has 0 aliphatic heterocycles. The van der Waals surface area contributed by atoms with Crippen LogP contribution in [0, 0.1) is 22.7 Å². The lowest BCUT2D eigenvalue weighted by atomic mass is 9.48. The van der Waals surface area contributed by atoms with Gasteiger partial charge in [0.25, 0.3) is 0 Å². The highest BCUT2D eigenvalue weighted by atomic mass is 28.4. The van der Waals surface area contributed by atoms with Crippen molar-refractivity contribution < 1.29 is 4.43 Å². The highest BCUT2D eigenvalue weighted by Crippen LogP contribution is 2.60. The summed E-state index contributed by atoms with van der Waals surface area (Å²) in [7, 11) is -1.44. The molecule has 1 fully saturated rings. The number of hydrogen-bond acceptors (Lipinski definition) is 1. The molecule has 0 N–H and O–H groups in total. The Morgan fingerprint density at radius 3 is 2.29 bits per heavy atom. The molecule has 2 rings (SSSR count). The third-order valence-electron chi connectivity index (χ3n) is 8.04. The van der Waals surface area contributed by atoms with Crippen molar-refractivity contribution >= 4 is 8.32 Å². The third-order valence-corrected chi connectivity index (χ3v) is 12.7. The zero-order valence-electron chi connectivity index (χ0n) is 17.5. The van der Waals surface area contributed by atoms with Gasteiger partial charge in [-0.25, -0.2) is 0 Å². The van der Waals surface area contributed by atoms with Crippen LogP contribution in [0.5, 0.6) is 0 Å². The van der Waals surface area contributed by atoms with E-state index in [0.29, 0.717) is 10.8 Å². The van der Waals surface area contributed by atoms with Gasteiger partial charge in [0, 0.05) is 6.61 Å². The monoisotopic (exact) mass is 350 g/mol. The Bertz CT molecular complexity index is 441. The van der Waals surface area contributed by atoms with Gasteiger partial charge in [-0.05, 0) is 73.4 Å². The van der Waals surface area contributed by atoms with E-state index >= 15 is 0 Å². The van der Waals surface area contributed by atoms with Crippen molar-refractivity contribution in [1.29, 1.82) is 0 Å². The van der Waals surface area contributed by atoms with Crippen molar-refractivity contribution in [3.05, 3.63) is 11.6 Å². The van der Waals surface area contributed by atoms with E-state index in [4.69, 9.17) is 4.43 Å². The van der Waals surface area contributed by atoms with E-state index in [1.54, 1.807) is 5.57 Å². The zero-order chi connectivity index (χ0) is 18.0. The summed E-state index contributed by atoms with van der Waals surface area (Å²) >= 11 is 0. The molecule has 140 valence electrons. The van der Waals surface area contributed by atoms with Crippen LogP contribution in [0.4, 0.5) is 0 Å². The van der Waals surface area contributed by atoms with Crippen LogP contribution < -0.4 is 0 Å². The molecule has 0 aromatic rings. The van der Waals surface area contributed by atoms with Crippen molar-refractivity contribution in [3.8, 4) is 0 Å². The molecule has 0 aromatic heterocycles. The second-order valence-corrected chi connectivity index (χ2v) is 14.3. The molecule has 2 aliphatic carbocycles. The zero-order valence-corrected chi connectivity index (χ0v) is 18.5. The van der Waals surface area contributed by atoms with E-state index in [-0.39, 0.29) is 0 Å². The van der Waals surface area contributed by atoms with Crippen LogP contribution in [-0.2, 0) is 4.43 Å². The van der Waals surface area contributed by atoms with Crippen molar-refractivity contribution in [1.82, 2.24) is 0 Å². The number of fused-ring (bicyclic) bond motifs is 1. The smallest absolute Gasteiger partial charge is 0.191 e. The summed E-state index contributed by atoms with van der Waals surface area (Å²) in [6, 6.07) is 3.81. The minimum absolute atomic E-state index is 0.485. The highest BCUT2D eigenvalue weighted by molar-refractivity contribution is 6.73. The average molecular weight is 351 g/mol. The second-order valence-electron chi connectivity index (χ2n) is 9.52. The molecule has 2 heteroatoms. The van der Waals surface area contributed by atoms with Crippen molar-refractivity contribution in [2.45, 2.75) is 98.7 Å². The summed E-state index contributed by atoms with van der Waals surface area (Å²) in [4.78, 5) is 0. The summed E-state index contributed by atoms with van der Waals surface area (Å²) < 4.78 is 6.62. The van der Waals surface area contributed by atoms with Crippen LogP contribution in [0.3, 0.4) is 0 Å². The largest absolute Gasteiger partial charge is 0.417 e. The molecular formula is C22H42OSi. The maximum Gasteiger partial charge on any atom is 0.191 e. The van der Waals surface area contributed by atoms with Crippen LogP contribution in [0.15, 0.2) is 11.6 Å². The van der Waals surface area contributed by atoms with E-state index in [1.165, 1.54) is 50.2 Å². The Kier molecular flexibility index (Phi) is 6.45. The van der Waals surface area contributed by atoms with Crippen molar-refractivity contribution in [3.63, 3.8) is 0 Å². The molecule has 0 heterocycles. The molecule has 0 aromatic carbocycles. The maximum atomic E-state index is 6.62. The Balaban J connectivity index is 2.11.